The Hall–Kier alpha value is -2.14. The van der Waals surface area contributed by atoms with E-state index < -0.39 is 6.03 Å². The number of amides is 2. The number of carbonyl (C=O) groups excluding carboxylic acids is 1. The summed E-state index contributed by atoms with van der Waals surface area (Å²) in [6.07, 6.45) is 3.13. The molecule has 2 aromatic rings. The van der Waals surface area contributed by atoms with Crippen LogP contribution >= 0.6 is 11.6 Å². The smallest absolute Gasteiger partial charge is 0.332 e. The third-order valence-corrected chi connectivity index (χ3v) is 2.46. The Morgan fingerprint density at radius 3 is 3.06 bits per heavy atom. The summed E-state index contributed by atoms with van der Waals surface area (Å²) in [5, 5.41) is 5.14. The Labute approximate surface area is 102 Å². The number of pyridine rings is 1. The molecular formula is C11H9ClN4O. The maximum atomic E-state index is 10.5. The molecule has 0 radical (unpaired) electrons. The van der Waals surface area contributed by atoms with Gasteiger partial charge in [-0.05, 0) is 24.3 Å². The summed E-state index contributed by atoms with van der Waals surface area (Å²) in [4.78, 5) is 14.7. The van der Waals surface area contributed by atoms with E-state index in [-0.39, 0.29) is 0 Å². The summed E-state index contributed by atoms with van der Waals surface area (Å²) in [6.45, 7) is 0. The van der Waals surface area contributed by atoms with Crippen LogP contribution in [0, 0.1) is 0 Å². The maximum Gasteiger partial charge on any atom is 0.332 e. The molecule has 17 heavy (non-hydrogen) atoms. The molecule has 6 heteroatoms. The Balaban J connectivity index is 2.45. The number of hydrazone groups is 1. The summed E-state index contributed by atoms with van der Waals surface area (Å²) in [6, 6.07) is 6.47. The molecule has 0 bridgehead atoms. The monoisotopic (exact) mass is 248 g/mol. The Kier molecular flexibility index (Phi) is 3.20. The number of nitrogens with two attached hydrogens (primary N) is 1. The van der Waals surface area contributed by atoms with Crippen LogP contribution in [0.15, 0.2) is 35.6 Å². The van der Waals surface area contributed by atoms with Crippen LogP contribution < -0.4 is 11.2 Å². The van der Waals surface area contributed by atoms with Crippen molar-refractivity contribution in [2.24, 2.45) is 10.8 Å². The topological polar surface area (TPSA) is 80.4 Å². The van der Waals surface area contributed by atoms with E-state index >= 15 is 0 Å². The molecule has 0 spiro atoms. The number of hydrogen-bond acceptors (Lipinski definition) is 3. The number of hydrogen-bond donors (Lipinski definition) is 2. The molecule has 3 N–H and O–H groups in total. The molecule has 5 nitrogen and oxygen atoms in total. The molecule has 0 aliphatic rings. The number of nitrogens with zero attached hydrogens (tertiary/aromatic N) is 2. The zero-order valence-corrected chi connectivity index (χ0v) is 9.48. The highest BCUT2D eigenvalue weighted by molar-refractivity contribution is 6.35. The van der Waals surface area contributed by atoms with E-state index in [9.17, 15) is 4.79 Å². The zero-order chi connectivity index (χ0) is 12.3. The molecule has 1 heterocycles. The minimum absolute atomic E-state index is 0.619. The van der Waals surface area contributed by atoms with Crippen LogP contribution in [0.1, 0.15) is 5.56 Å². The van der Waals surface area contributed by atoms with Crippen LogP contribution in [-0.2, 0) is 0 Å². The van der Waals surface area contributed by atoms with Gasteiger partial charge >= 0.3 is 6.03 Å². The van der Waals surface area contributed by atoms with Crippen LogP contribution in [0.5, 0.6) is 0 Å². The molecule has 0 fully saturated rings. The van der Waals surface area contributed by atoms with Gasteiger partial charge in [-0.2, -0.15) is 5.10 Å². The quantitative estimate of drug-likeness (QED) is 0.629. The number of fused-ring (bicyclic) bond motifs is 1. The van der Waals surface area contributed by atoms with Crippen molar-refractivity contribution in [1.82, 2.24) is 10.4 Å². The fourth-order valence-corrected chi connectivity index (χ4v) is 1.64. The highest BCUT2D eigenvalue weighted by Crippen LogP contribution is 2.23. The molecule has 0 saturated carbocycles. The number of primary amides is 1. The molecule has 86 valence electrons. The fourth-order valence-electron chi connectivity index (χ4n) is 1.43. The van der Waals surface area contributed by atoms with E-state index in [1.165, 1.54) is 6.21 Å². The zero-order valence-electron chi connectivity index (χ0n) is 8.72. The molecule has 0 aliphatic carbocycles. The van der Waals surface area contributed by atoms with Gasteiger partial charge in [0.25, 0.3) is 0 Å². The van der Waals surface area contributed by atoms with Gasteiger partial charge in [-0.3, -0.25) is 4.98 Å². The van der Waals surface area contributed by atoms with Crippen LogP contribution in [0.2, 0.25) is 5.02 Å². The molecule has 0 atom stereocenters. The van der Waals surface area contributed by atoms with E-state index in [1.54, 1.807) is 24.4 Å². The summed E-state index contributed by atoms with van der Waals surface area (Å²) < 4.78 is 0. The lowest BCUT2D eigenvalue weighted by Crippen LogP contribution is -2.24. The van der Waals surface area contributed by atoms with Crippen LogP contribution in [0.4, 0.5) is 4.79 Å². The second kappa shape index (κ2) is 4.80. The number of carbonyl (C=O) groups is 1. The summed E-state index contributed by atoms with van der Waals surface area (Å²) >= 11 is 6.04. The van der Waals surface area contributed by atoms with Gasteiger partial charge in [0, 0.05) is 17.1 Å². The number of nitrogens with one attached hydrogen (secondary N) is 1. The maximum absolute atomic E-state index is 10.5. The SMILES string of the molecule is NC(=O)N/N=C/c1ccc(Cl)c2cccnc12. The highest BCUT2D eigenvalue weighted by atomic mass is 35.5. The summed E-state index contributed by atoms with van der Waals surface area (Å²) in [7, 11) is 0. The van der Waals surface area contributed by atoms with E-state index in [1.807, 2.05) is 6.07 Å². The number of aromatic nitrogens is 1. The summed E-state index contributed by atoms with van der Waals surface area (Å²) in [5.74, 6) is 0. The molecule has 0 saturated heterocycles. The van der Waals surface area contributed by atoms with Gasteiger partial charge in [0.1, 0.15) is 0 Å². The third-order valence-electron chi connectivity index (χ3n) is 2.13. The largest absolute Gasteiger partial charge is 0.350 e. The van der Waals surface area contributed by atoms with Crippen molar-refractivity contribution in [3.63, 3.8) is 0 Å². The first-order chi connectivity index (χ1) is 8.18. The Bertz CT molecular complexity index is 597. The lowest BCUT2D eigenvalue weighted by atomic mass is 10.1. The van der Waals surface area contributed by atoms with Crippen molar-refractivity contribution < 1.29 is 4.79 Å². The lowest BCUT2D eigenvalue weighted by Gasteiger charge is -2.02. The van der Waals surface area contributed by atoms with Crippen molar-refractivity contribution >= 4 is 34.7 Å². The lowest BCUT2D eigenvalue weighted by molar-refractivity contribution is 0.249. The number of rotatable bonds is 2. The van der Waals surface area contributed by atoms with Crippen LogP contribution in [0.3, 0.4) is 0 Å². The first-order valence-corrected chi connectivity index (χ1v) is 5.18. The van der Waals surface area contributed by atoms with Gasteiger partial charge in [0.05, 0.1) is 16.8 Å². The second-order valence-corrected chi connectivity index (χ2v) is 3.68. The van der Waals surface area contributed by atoms with Gasteiger partial charge in [-0.25, -0.2) is 10.2 Å². The standard InChI is InChI=1S/C11H9ClN4O/c12-9-4-3-7(6-15-16-11(13)17)10-8(9)2-1-5-14-10/h1-6H,(H3,13,16,17)/b15-6+. The van der Waals surface area contributed by atoms with E-state index in [0.717, 1.165) is 16.5 Å². The molecule has 1 aromatic heterocycles. The van der Waals surface area contributed by atoms with Gasteiger partial charge in [0.2, 0.25) is 0 Å². The van der Waals surface area contributed by atoms with E-state index in [4.69, 9.17) is 17.3 Å². The first kappa shape index (κ1) is 11.3. The number of benzene rings is 1. The van der Waals surface area contributed by atoms with Crippen LogP contribution in [-0.4, -0.2) is 17.2 Å². The van der Waals surface area contributed by atoms with Crippen molar-refractivity contribution in [2.75, 3.05) is 0 Å². The minimum atomic E-state index is -0.715. The predicted molar refractivity (Wildman–Crippen MR) is 67.1 cm³/mol. The van der Waals surface area contributed by atoms with Gasteiger partial charge in [0.15, 0.2) is 0 Å². The minimum Gasteiger partial charge on any atom is -0.350 e. The van der Waals surface area contributed by atoms with Crippen molar-refractivity contribution in [3.8, 4) is 0 Å². The Morgan fingerprint density at radius 1 is 1.47 bits per heavy atom. The normalized spacial score (nSPS) is 10.9. The molecular weight excluding hydrogens is 240 g/mol. The number of urea groups is 1. The van der Waals surface area contributed by atoms with E-state index in [2.05, 4.69) is 15.5 Å². The predicted octanol–water partition coefficient (Wildman–Crippen LogP) is 1.89. The summed E-state index contributed by atoms with van der Waals surface area (Å²) in [5.41, 5.74) is 8.48. The van der Waals surface area contributed by atoms with Gasteiger partial charge in [-0.15, -0.1) is 0 Å². The number of halogens is 1. The van der Waals surface area contributed by atoms with Crippen LogP contribution in [0.25, 0.3) is 10.9 Å². The third kappa shape index (κ3) is 2.51. The molecule has 0 aliphatic heterocycles. The van der Waals surface area contributed by atoms with Crippen molar-refractivity contribution in [3.05, 3.63) is 41.0 Å². The molecule has 0 unspecified atom stereocenters. The van der Waals surface area contributed by atoms with Crippen molar-refractivity contribution in [2.45, 2.75) is 0 Å². The van der Waals surface area contributed by atoms with E-state index in [0.29, 0.717) is 5.02 Å². The highest BCUT2D eigenvalue weighted by Gasteiger charge is 2.03. The second-order valence-electron chi connectivity index (χ2n) is 3.27. The van der Waals surface area contributed by atoms with Gasteiger partial charge in [-0.1, -0.05) is 11.6 Å². The Morgan fingerprint density at radius 2 is 2.29 bits per heavy atom. The molecule has 1 aromatic carbocycles. The van der Waals surface area contributed by atoms with Gasteiger partial charge < -0.3 is 5.73 Å². The average molecular weight is 249 g/mol. The fraction of sp³-hybridized carbons (Fsp3) is 0. The van der Waals surface area contributed by atoms with Crippen molar-refractivity contribution in [1.29, 1.82) is 0 Å². The average Bonchev–Trinajstić information content (AvgIpc) is 2.32. The molecule has 2 rings (SSSR count). The first-order valence-electron chi connectivity index (χ1n) is 4.80. The molecule has 2 amide bonds.